The summed E-state index contributed by atoms with van der Waals surface area (Å²) >= 11 is 0. The molecule has 2 aliphatic heterocycles. The number of cyclic esters (lactones) is 1. The lowest BCUT2D eigenvalue weighted by Gasteiger charge is -2.34. The van der Waals surface area contributed by atoms with Crippen molar-refractivity contribution < 1.29 is 23.8 Å². The highest BCUT2D eigenvalue weighted by molar-refractivity contribution is 5.92. The van der Waals surface area contributed by atoms with E-state index in [0.29, 0.717) is 11.1 Å². The molecule has 0 amide bonds. The van der Waals surface area contributed by atoms with Crippen molar-refractivity contribution in [3.63, 3.8) is 0 Å². The minimum absolute atomic E-state index is 0.0297. The van der Waals surface area contributed by atoms with Crippen molar-refractivity contribution in [2.45, 2.75) is 58.8 Å². The van der Waals surface area contributed by atoms with Crippen LogP contribution in [0.3, 0.4) is 0 Å². The first kappa shape index (κ1) is 15.5. The maximum absolute atomic E-state index is 12.3. The van der Waals surface area contributed by atoms with Crippen LogP contribution < -0.4 is 0 Å². The first-order valence-corrected chi connectivity index (χ1v) is 8.55. The summed E-state index contributed by atoms with van der Waals surface area (Å²) in [7, 11) is 0. The topological polar surface area (TPSA) is 61.8 Å². The number of allylic oxidation sites excluding steroid dienone is 1. The summed E-state index contributed by atoms with van der Waals surface area (Å²) in [4.78, 5) is 23.7. The summed E-state index contributed by atoms with van der Waals surface area (Å²) in [5.41, 5.74) is 3.93. The predicted molar refractivity (Wildman–Crippen MR) is 85.5 cm³/mol. The van der Waals surface area contributed by atoms with Crippen LogP contribution in [0.4, 0.5) is 0 Å². The quantitative estimate of drug-likeness (QED) is 0.337. The molecule has 0 aromatic carbocycles. The number of esters is 2. The van der Waals surface area contributed by atoms with Crippen molar-refractivity contribution in [1.29, 1.82) is 0 Å². The van der Waals surface area contributed by atoms with E-state index in [1.807, 2.05) is 0 Å². The van der Waals surface area contributed by atoms with Crippen LogP contribution in [-0.4, -0.2) is 24.3 Å². The molecule has 4 aliphatic rings. The highest BCUT2D eigenvalue weighted by atomic mass is 16.7. The number of hydrogen-bond acceptors (Lipinski definition) is 5. The van der Waals surface area contributed by atoms with E-state index >= 15 is 0 Å². The molecular formula is C19H22O5. The molecule has 5 nitrogen and oxygen atoms in total. The molecule has 0 spiro atoms. The molecule has 5 heteroatoms. The molecule has 2 heterocycles. The van der Waals surface area contributed by atoms with Gasteiger partial charge in [-0.25, -0.2) is 9.59 Å². The Hall–Kier alpha value is -2.04. The van der Waals surface area contributed by atoms with Gasteiger partial charge in [-0.05, 0) is 43.6 Å². The van der Waals surface area contributed by atoms with Gasteiger partial charge in [0.15, 0.2) is 0 Å². The van der Waals surface area contributed by atoms with Gasteiger partial charge in [0.05, 0.1) is 11.8 Å². The maximum atomic E-state index is 12.3. The Morgan fingerprint density at radius 3 is 2.75 bits per heavy atom. The van der Waals surface area contributed by atoms with Crippen LogP contribution in [0.2, 0.25) is 0 Å². The zero-order valence-electron chi connectivity index (χ0n) is 14.3. The Kier molecular flexibility index (Phi) is 3.37. The summed E-state index contributed by atoms with van der Waals surface area (Å²) in [6.07, 6.45) is 6.42. The molecule has 0 radical (unpaired) electrons. The molecule has 1 unspecified atom stereocenters. The number of ether oxygens (including phenoxy) is 3. The monoisotopic (exact) mass is 330 g/mol. The normalized spacial score (nSPS) is 35.5. The van der Waals surface area contributed by atoms with Crippen molar-refractivity contribution in [1.82, 2.24) is 0 Å². The molecule has 2 aliphatic carbocycles. The van der Waals surface area contributed by atoms with Crippen LogP contribution in [-0.2, 0) is 23.8 Å². The molecule has 0 bridgehead atoms. The fraction of sp³-hybridized carbons (Fsp3) is 0.579. The minimum atomic E-state index is -0.753. The molecule has 24 heavy (non-hydrogen) atoms. The summed E-state index contributed by atoms with van der Waals surface area (Å²) < 4.78 is 16.2. The number of hydrogen-bond donors (Lipinski definition) is 0. The lowest BCUT2D eigenvalue weighted by atomic mass is 9.72. The number of carbonyl (C=O) groups excluding carboxylic acids is 2. The van der Waals surface area contributed by atoms with E-state index < -0.39 is 6.29 Å². The third-order valence-electron chi connectivity index (χ3n) is 5.64. The van der Waals surface area contributed by atoms with Crippen molar-refractivity contribution in [2.75, 3.05) is 0 Å². The van der Waals surface area contributed by atoms with Crippen LogP contribution in [0.1, 0.15) is 46.5 Å². The molecule has 0 saturated carbocycles. The fourth-order valence-corrected chi connectivity index (χ4v) is 4.46. The summed E-state index contributed by atoms with van der Waals surface area (Å²) in [6.45, 7) is 6.15. The van der Waals surface area contributed by atoms with Gasteiger partial charge in [0, 0.05) is 17.6 Å². The van der Waals surface area contributed by atoms with Gasteiger partial charge >= 0.3 is 11.9 Å². The lowest BCUT2D eigenvalue weighted by molar-refractivity contribution is -0.152. The van der Waals surface area contributed by atoms with E-state index in [1.54, 1.807) is 13.0 Å². The molecule has 4 rings (SSSR count). The van der Waals surface area contributed by atoms with Gasteiger partial charge in [-0.2, -0.15) is 0 Å². The zero-order chi connectivity index (χ0) is 17.1. The van der Waals surface area contributed by atoms with Crippen molar-refractivity contribution in [3.8, 4) is 0 Å². The van der Waals surface area contributed by atoms with Crippen molar-refractivity contribution >= 4 is 11.9 Å². The number of rotatable bonds is 2. The second kappa shape index (κ2) is 5.23. The van der Waals surface area contributed by atoms with E-state index in [4.69, 9.17) is 14.2 Å². The molecule has 0 N–H and O–H groups in total. The highest BCUT2D eigenvalue weighted by Gasteiger charge is 2.52. The Bertz CT molecular complexity index is 709. The standard InChI is InChI=1S/C19H22O5/c1-10-7-14(23-17(10)20)22-9-13-12-8-11-5-4-6-19(2,3)15(11)16(12)24-18(13)21/h7,9,12,14,16H,4-6,8H2,1-3H3/b13-9+/t12?,14-,16+/m1/s1. The van der Waals surface area contributed by atoms with Crippen LogP contribution in [0.5, 0.6) is 0 Å². The minimum Gasteiger partial charge on any atom is -0.458 e. The first-order valence-electron chi connectivity index (χ1n) is 8.55. The Morgan fingerprint density at radius 1 is 1.25 bits per heavy atom. The summed E-state index contributed by atoms with van der Waals surface area (Å²) in [5, 5.41) is 0. The molecule has 0 aromatic rings. The Morgan fingerprint density at radius 2 is 2.04 bits per heavy atom. The van der Waals surface area contributed by atoms with Crippen LogP contribution in [0, 0.1) is 11.3 Å². The molecule has 0 aromatic heterocycles. The van der Waals surface area contributed by atoms with Gasteiger partial charge in [-0.15, -0.1) is 0 Å². The molecule has 3 atom stereocenters. The Balaban J connectivity index is 1.55. The average Bonchev–Trinajstić information content (AvgIpc) is 3.10. The second-order valence-corrected chi connectivity index (χ2v) is 7.72. The Labute approximate surface area is 141 Å². The third-order valence-corrected chi connectivity index (χ3v) is 5.64. The van der Waals surface area contributed by atoms with Gasteiger partial charge < -0.3 is 14.2 Å². The summed E-state index contributed by atoms with van der Waals surface area (Å²) in [5.74, 6) is -0.671. The van der Waals surface area contributed by atoms with Crippen molar-refractivity contribution in [3.05, 3.63) is 34.6 Å². The van der Waals surface area contributed by atoms with Gasteiger partial charge in [0.1, 0.15) is 6.10 Å². The third kappa shape index (κ3) is 2.29. The first-order chi connectivity index (χ1) is 11.4. The van der Waals surface area contributed by atoms with E-state index in [9.17, 15) is 9.59 Å². The van der Waals surface area contributed by atoms with E-state index in [1.165, 1.54) is 23.8 Å². The largest absolute Gasteiger partial charge is 0.458 e. The lowest BCUT2D eigenvalue weighted by Crippen LogP contribution is -2.27. The van der Waals surface area contributed by atoms with Crippen LogP contribution in [0.25, 0.3) is 0 Å². The van der Waals surface area contributed by atoms with Crippen LogP contribution >= 0.6 is 0 Å². The van der Waals surface area contributed by atoms with Gasteiger partial charge in [0.2, 0.25) is 0 Å². The molecule has 1 fully saturated rings. The molecule has 1 saturated heterocycles. The number of carbonyl (C=O) groups is 2. The fourth-order valence-electron chi connectivity index (χ4n) is 4.46. The maximum Gasteiger partial charge on any atom is 0.338 e. The van der Waals surface area contributed by atoms with Gasteiger partial charge in [-0.1, -0.05) is 19.4 Å². The second-order valence-electron chi connectivity index (χ2n) is 7.72. The van der Waals surface area contributed by atoms with Crippen molar-refractivity contribution in [2.24, 2.45) is 11.3 Å². The van der Waals surface area contributed by atoms with E-state index in [0.717, 1.165) is 19.3 Å². The molecular weight excluding hydrogens is 308 g/mol. The average molecular weight is 330 g/mol. The predicted octanol–water partition coefficient (Wildman–Crippen LogP) is 3.17. The number of fused-ring (bicyclic) bond motifs is 2. The zero-order valence-corrected chi connectivity index (χ0v) is 14.3. The molecule has 128 valence electrons. The van der Waals surface area contributed by atoms with Crippen LogP contribution in [0.15, 0.2) is 34.6 Å². The van der Waals surface area contributed by atoms with E-state index in [-0.39, 0.29) is 29.4 Å². The van der Waals surface area contributed by atoms with Gasteiger partial charge in [0.25, 0.3) is 6.29 Å². The summed E-state index contributed by atoms with van der Waals surface area (Å²) in [6, 6.07) is 0. The van der Waals surface area contributed by atoms with Gasteiger partial charge in [-0.3, -0.25) is 0 Å². The highest BCUT2D eigenvalue weighted by Crippen LogP contribution is 2.54. The SMILES string of the molecule is CC1=C[C@H](O/C=C2/C(=O)O[C@@H]3C4=C(CCCC4(C)C)CC23)OC1=O. The smallest absolute Gasteiger partial charge is 0.338 e. The van der Waals surface area contributed by atoms with E-state index in [2.05, 4.69) is 13.8 Å².